The van der Waals surface area contributed by atoms with E-state index in [2.05, 4.69) is 4.98 Å². The second-order valence-electron chi connectivity index (χ2n) is 4.88. The molecule has 1 unspecified atom stereocenters. The molecule has 0 aliphatic heterocycles. The highest BCUT2D eigenvalue weighted by Crippen LogP contribution is 2.20. The Morgan fingerprint density at radius 1 is 0.950 bits per heavy atom. The average Bonchev–Trinajstić information content (AvgIpc) is 2.48. The van der Waals surface area contributed by atoms with E-state index >= 15 is 0 Å². The molecule has 0 saturated heterocycles. The van der Waals surface area contributed by atoms with E-state index in [0.29, 0.717) is 12.1 Å². The summed E-state index contributed by atoms with van der Waals surface area (Å²) in [4.78, 5) is 4.57. The summed E-state index contributed by atoms with van der Waals surface area (Å²) in [5.41, 5.74) is 9.04. The molecule has 0 amide bonds. The summed E-state index contributed by atoms with van der Waals surface area (Å²) in [5.74, 6) is 0. The summed E-state index contributed by atoms with van der Waals surface area (Å²) in [6.45, 7) is 0. The molecule has 3 heteroatoms. The fourth-order valence-electron chi connectivity index (χ4n) is 2.26. The molecule has 3 aromatic rings. The molecule has 0 spiro atoms. The maximum Gasteiger partial charge on any atom is 0.0845 e. The number of anilines is 1. The average molecular weight is 264 g/mol. The van der Waals surface area contributed by atoms with Crippen molar-refractivity contribution in [2.24, 2.45) is 0 Å². The zero-order chi connectivity index (χ0) is 13.9. The van der Waals surface area contributed by atoms with Gasteiger partial charge < -0.3 is 10.8 Å². The summed E-state index contributed by atoms with van der Waals surface area (Å²) in [6.07, 6.45) is -0.0707. The summed E-state index contributed by atoms with van der Waals surface area (Å²) < 4.78 is 0. The van der Waals surface area contributed by atoms with E-state index in [4.69, 9.17) is 5.73 Å². The van der Waals surface area contributed by atoms with E-state index in [0.717, 1.165) is 22.2 Å². The van der Waals surface area contributed by atoms with Gasteiger partial charge in [-0.2, -0.15) is 0 Å². The lowest BCUT2D eigenvalue weighted by molar-refractivity contribution is 0.177. The minimum Gasteiger partial charge on any atom is -0.399 e. The zero-order valence-electron chi connectivity index (χ0n) is 11.0. The van der Waals surface area contributed by atoms with Gasteiger partial charge in [0.25, 0.3) is 0 Å². The Labute approximate surface area is 117 Å². The summed E-state index contributed by atoms with van der Waals surface area (Å²) in [5, 5.41) is 11.4. The molecule has 3 rings (SSSR count). The normalized spacial score (nSPS) is 12.4. The first kappa shape index (κ1) is 12.6. The van der Waals surface area contributed by atoms with Crippen LogP contribution in [0.4, 0.5) is 5.69 Å². The van der Waals surface area contributed by atoms with Crippen LogP contribution in [0.5, 0.6) is 0 Å². The molecule has 100 valence electrons. The van der Waals surface area contributed by atoms with Crippen molar-refractivity contribution >= 4 is 16.6 Å². The van der Waals surface area contributed by atoms with Crippen molar-refractivity contribution in [3.63, 3.8) is 0 Å². The number of benzene rings is 2. The minimum absolute atomic E-state index is 0.495. The maximum absolute atomic E-state index is 10.3. The van der Waals surface area contributed by atoms with Crippen LogP contribution in [0.1, 0.15) is 17.4 Å². The monoisotopic (exact) mass is 264 g/mol. The molecule has 1 aromatic heterocycles. The molecule has 0 aliphatic rings. The Bertz CT molecular complexity index is 722. The highest BCUT2D eigenvalue weighted by atomic mass is 16.3. The molecule has 0 saturated carbocycles. The largest absolute Gasteiger partial charge is 0.399 e. The van der Waals surface area contributed by atoms with Crippen molar-refractivity contribution in [3.8, 4) is 0 Å². The van der Waals surface area contributed by atoms with Gasteiger partial charge in [0.1, 0.15) is 0 Å². The number of pyridine rings is 1. The van der Waals surface area contributed by atoms with Crippen LogP contribution in [0.15, 0.2) is 60.7 Å². The number of aliphatic hydroxyl groups excluding tert-OH is 1. The number of aliphatic hydroxyl groups is 1. The van der Waals surface area contributed by atoms with Crippen molar-refractivity contribution in [2.75, 3.05) is 5.73 Å². The van der Waals surface area contributed by atoms with Gasteiger partial charge in [-0.1, -0.05) is 36.4 Å². The smallest absolute Gasteiger partial charge is 0.0845 e. The number of fused-ring (bicyclic) bond motifs is 1. The van der Waals surface area contributed by atoms with Crippen LogP contribution in [0.2, 0.25) is 0 Å². The van der Waals surface area contributed by atoms with Crippen LogP contribution in [-0.2, 0) is 6.42 Å². The van der Waals surface area contributed by atoms with E-state index in [1.54, 1.807) is 12.1 Å². The molecule has 0 radical (unpaired) electrons. The Hall–Kier alpha value is -2.39. The number of rotatable bonds is 3. The molecule has 3 nitrogen and oxygen atoms in total. The van der Waals surface area contributed by atoms with Crippen LogP contribution >= 0.6 is 0 Å². The number of hydrogen-bond donors (Lipinski definition) is 2. The van der Waals surface area contributed by atoms with E-state index in [1.807, 2.05) is 48.5 Å². The third kappa shape index (κ3) is 2.63. The molecule has 2 aromatic carbocycles. The third-order valence-corrected chi connectivity index (χ3v) is 3.38. The quantitative estimate of drug-likeness (QED) is 0.715. The summed E-state index contributed by atoms with van der Waals surface area (Å²) in [6, 6.07) is 19.3. The first-order chi connectivity index (χ1) is 9.72. The van der Waals surface area contributed by atoms with Gasteiger partial charge >= 0.3 is 0 Å². The van der Waals surface area contributed by atoms with Gasteiger partial charge in [0.2, 0.25) is 0 Å². The van der Waals surface area contributed by atoms with Crippen molar-refractivity contribution in [1.29, 1.82) is 0 Å². The van der Waals surface area contributed by atoms with E-state index < -0.39 is 6.10 Å². The molecular formula is C17H16N2O. The van der Waals surface area contributed by atoms with E-state index in [1.165, 1.54) is 0 Å². The van der Waals surface area contributed by atoms with Crippen LogP contribution < -0.4 is 5.73 Å². The second kappa shape index (κ2) is 5.31. The fraction of sp³-hybridized carbons (Fsp3) is 0.118. The van der Waals surface area contributed by atoms with Gasteiger partial charge in [-0.05, 0) is 29.8 Å². The third-order valence-electron chi connectivity index (χ3n) is 3.38. The lowest BCUT2D eigenvalue weighted by Gasteiger charge is -2.11. The fourth-order valence-corrected chi connectivity index (χ4v) is 2.26. The Kier molecular flexibility index (Phi) is 3.35. The van der Waals surface area contributed by atoms with Crippen LogP contribution in [-0.4, -0.2) is 10.1 Å². The van der Waals surface area contributed by atoms with Gasteiger partial charge in [0, 0.05) is 23.2 Å². The van der Waals surface area contributed by atoms with Gasteiger partial charge in [-0.15, -0.1) is 0 Å². The van der Waals surface area contributed by atoms with Crippen molar-refractivity contribution in [3.05, 3.63) is 71.9 Å². The summed E-state index contributed by atoms with van der Waals surface area (Å²) >= 11 is 0. The molecule has 3 N–H and O–H groups in total. The lowest BCUT2D eigenvalue weighted by atomic mass is 10.0. The minimum atomic E-state index is -0.565. The molecule has 0 bridgehead atoms. The molecule has 0 fully saturated rings. The van der Waals surface area contributed by atoms with Crippen LogP contribution in [0.3, 0.4) is 0 Å². The Balaban J connectivity index is 1.83. The second-order valence-corrected chi connectivity index (χ2v) is 4.88. The van der Waals surface area contributed by atoms with Crippen LogP contribution in [0, 0.1) is 0 Å². The topological polar surface area (TPSA) is 59.1 Å². The van der Waals surface area contributed by atoms with Gasteiger partial charge in [-0.25, -0.2) is 0 Å². The highest BCUT2D eigenvalue weighted by Gasteiger charge is 2.09. The Morgan fingerprint density at radius 2 is 1.70 bits per heavy atom. The lowest BCUT2D eigenvalue weighted by Crippen LogP contribution is -2.03. The summed E-state index contributed by atoms with van der Waals surface area (Å²) in [7, 11) is 0. The predicted molar refractivity (Wildman–Crippen MR) is 81.3 cm³/mol. The van der Waals surface area contributed by atoms with Gasteiger partial charge in [0.15, 0.2) is 0 Å². The number of aromatic nitrogens is 1. The van der Waals surface area contributed by atoms with E-state index in [-0.39, 0.29) is 0 Å². The Morgan fingerprint density at radius 3 is 2.50 bits per heavy atom. The molecule has 20 heavy (non-hydrogen) atoms. The zero-order valence-corrected chi connectivity index (χ0v) is 11.0. The predicted octanol–water partition coefficient (Wildman–Crippen LogP) is 3.09. The molecule has 0 aliphatic carbocycles. The number of nitrogen functional groups attached to an aromatic ring is 1. The SMILES string of the molecule is Nc1ccc(C(O)Cc2ccc3ccccc3n2)cc1. The number of para-hydroxylation sites is 1. The van der Waals surface area contributed by atoms with Crippen molar-refractivity contribution in [1.82, 2.24) is 4.98 Å². The number of nitrogens with two attached hydrogens (primary N) is 1. The van der Waals surface area contributed by atoms with Crippen molar-refractivity contribution < 1.29 is 5.11 Å². The maximum atomic E-state index is 10.3. The molecular weight excluding hydrogens is 248 g/mol. The first-order valence-corrected chi connectivity index (χ1v) is 6.60. The number of nitrogens with zero attached hydrogens (tertiary/aromatic N) is 1. The standard InChI is InChI=1S/C17H16N2O/c18-14-8-5-13(6-9-14)17(20)11-15-10-7-12-3-1-2-4-16(12)19-15/h1-10,17,20H,11,18H2. The van der Waals surface area contributed by atoms with Gasteiger partial charge in [-0.3, -0.25) is 4.98 Å². The van der Waals surface area contributed by atoms with Gasteiger partial charge in [0.05, 0.1) is 11.6 Å². The first-order valence-electron chi connectivity index (χ1n) is 6.60. The van der Waals surface area contributed by atoms with E-state index in [9.17, 15) is 5.11 Å². The van der Waals surface area contributed by atoms with Crippen molar-refractivity contribution in [2.45, 2.75) is 12.5 Å². The molecule has 1 atom stereocenters. The highest BCUT2D eigenvalue weighted by molar-refractivity contribution is 5.78. The van der Waals surface area contributed by atoms with Crippen LogP contribution in [0.25, 0.3) is 10.9 Å². The number of hydrogen-bond acceptors (Lipinski definition) is 3. The molecule has 1 heterocycles.